The maximum absolute atomic E-state index is 12.1. The van der Waals surface area contributed by atoms with Gasteiger partial charge in [0.2, 0.25) is 5.91 Å². The summed E-state index contributed by atoms with van der Waals surface area (Å²) in [5, 5.41) is 8.10. The predicted octanol–water partition coefficient (Wildman–Crippen LogP) is 3.37. The molecular formula is C23H35N5O. The summed E-state index contributed by atoms with van der Waals surface area (Å²) in [5.74, 6) is 1.16. The van der Waals surface area contributed by atoms with Crippen molar-refractivity contribution in [2.45, 2.75) is 52.4 Å². The number of aliphatic imine (C=N–C) groups is 1. The molecule has 1 aliphatic heterocycles. The molecule has 3 rings (SSSR count). The lowest BCUT2D eigenvalue weighted by molar-refractivity contribution is -0.130. The summed E-state index contributed by atoms with van der Waals surface area (Å²) in [7, 11) is 0. The number of rotatable bonds is 8. The topological polar surface area (TPSA) is 72.5 Å². The van der Waals surface area contributed by atoms with E-state index in [0.29, 0.717) is 12.3 Å². The number of fused-ring (bicyclic) bond motifs is 1. The third-order valence-corrected chi connectivity index (χ3v) is 5.55. The highest BCUT2D eigenvalue weighted by Gasteiger charge is 2.15. The summed E-state index contributed by atoms with van der Waals surface area (Å²) < 4.78 is 0. The first-order chi connectivity index (χ1) is 14.2. The number of carbonyl (C=O) groups excluding carboxylic acids is 1. The zero-order valence-electron chi connectivity index (χ0n) is 17.9. The summed E-state index contributed by atoms with van der Waals surface area (Å²) >= 11 is 0. The number of guanidine groups is 1. The molecule has 158 valence electrons. The lowest BCUT2D eigenvalue weighted by atomic mass is 10.1. The Hall–Kier alpha value is -2.50. The molecule has 1 fully saturated rings. The Kier molecular flexibility index (Phi) is 7.96. The zero-order valence-corrected chi connectivity index (χ0v) is 17.9. The van der Waals surface area contributed by atoms with Gasteiger partial charge in [-0.15, -0.1) is 0 Å². The average molecular weight is 398 g/mol. The van der Waals surface area contributed by atoms with E-state index in [4.69, 9.17) is 4.99 Å². The summed E-state index contributed by atoms with van der Waals surface area (Å²) in [6.07, 6.45) is 8.01. The Morgan fingerprint density at radius 3 is 3.00 bits per heavy atom. The number of nitrogens with zero attached hydrogens (tertiary/aromatic N) is 2. The molecule has 0 radical (unpaired) electrons. The van der Waals surface area contributed by atoms with Crippen molar-refractivity contribution in [1.82, 2.24) is 20.5 Å². The lowest BCUT2D eigenvalue weighted by Gasteiger charge is -2.20. The van der Waals surface area contributed by atoms with Crippen molar-refractivity contribution in [3.63, 3.8) is 0 Å². The zero-order chi connectivity index (χ0) is 20.5. The van der Waals surface area contributed by atoms with Crippen LogP contribution in [0.5, 0.6) is 0 Å². The predicted molar refractivity (Wildman–Crippen MR) is 120 cm³/mol. The summed E-state index contributed by atoms with van der Waals surface area (Å²) in [6.45, 7) is 8.36. The Balaban J connectivity index is 1.47. The smallest absolute Gasteiger partial charge is 0.222 e. The highest BCUT2D eigenvalue weighted by molar-refractivity contribution is 5.86. The van der Waals surface area contributed by atoms with E-state index in [1.165, 1.54) is 28.5 Å². The van der Waals surface area contributed by atoms with E-state index in [9.17, 15) is 4.79 Å². The number of amides is 1. The number of aromatic nitrogens is 1. The number of aryl methyl sites for hydroxylation is 1. The van der Waals surface area contributed by atoms with Gasteiger partial charge in [-0.05, 0) is 56.7 Å². The van der Waals surface area contributed by atoms with Crippen LogP contribution in [-0.4, -0.2) is 54.5 Å². The van der Waals surface area contributed by atoms with E-state index >= 15 is 0 Å². The molecule has 1 saturated heterocycles. The van der Waals surface area contributed by atoms with Crippen molar-refractivity contribution in [3.8, 4) is 0 Å². The normalized spacial score (nSPS) is 15.6. The van der Waals surface area contributed by atoms with Crippen molar-refractivity contribution < 1.29 is 4.79 Å². The van der Waals surface area contributed by atoms with Crippen LogP contribution in [0.15, 0.2) is 29.4 Å². The number of nitrogens with one attached hydrogen (secondary N) is 3. The van der Waals surface area contributed by atoms with Crippen LogP contribution in [0.3, 0.4) is 0 Å². The van der Waals surface area contributed by atoms with Gasteiger partial charge < -0.3 is 20.5 Å². The number of hydrogen-bond donors (Lipinski definition) is 3. The second-order valence-corrected chi connectivity index (χ2v) is 7.79. The van der Waals surface area contributed by atoms with Crippen LogP contribution in [0.2, 0.25) is 0 Å². The van der Waals surface area contributed by atoms with E-state index in [0.717, 1.165) is 64.4 Å². The lowest BCUT2D eigenvalue weighted by Crippen LogP contribution is -2.38. The largest absolute Gasteiger partial charge is 0.361 e. The van der Waals surface area contributed by atoms with Crippen molar-refractivity contribution in [2.75, 3.05) is 32.7 Å². The van der Waals surface area contributed by atoms with Gasteiger partial charge in [-0.3, -0.25) is 9.79 Å². The monoisotopic (exact) mass is 397 g/mol. The molecule has 6 heteroatoms. The fraction of sp³-hybridized carbons (Fsp3) is 0.565. The quantitative estimate of drug-likeness (QED) is 0.363. The fourth-order valence-electron chi connectivity index (χ4n) is 4.03. The molecule has 1 amide bonds. The summed E-state index contributed by atoms with van der Waals surface area (Å²) in [6, 6.07) is 6.37. The standard InChI is InChI=1S/C23H35N5O/c1-3-24-23(25-13-8-16-28-15-6-4-5-11-21(28)29)26-14-12-19-17-27-20-10-7-9-18(2)22(19)20/h7,9-10,17,27H,3-6,8,11-16H2,1-2H3,(H2,24,25,26). The SMILES string of the molecule is CCNC(=NCCCN1CCCCCC1=O)NCCc1c[nH]c2cccc(C)c12. The van der Waals surface area contributed by atoms with E-state index in [2.05, 4.69) is 53.9 Å². The number of carbonyl (C=O) groups is 1. The average Bonchev–Trinajstić information content (AvgIpc) is 3.02. The fourth-order valence-corrected chi connectivity index (χ4v) is 4.03. The molecule has 3 N–H and O–H groups in total. The summed E-state index contributed by atoms with van der Waals surface area (Å²) in [5.41, 5.74) is 3.84. The van der Waals surface area contributed by atoms with E-state index in [-0.39, 0.29) is 0 Å². The molecular weight excluding hydrogens is 362 g/mol. The maximum Gasteiger partial charge on any atom is 0.222 e. The van der Waals surface area contributed by atoms with E-state index < -0.39 is 0 Å². The van der Waals surface area contributed by atoms with Crippen LogP contribution in [0.25, 0.3) is 10.9 Å². The first kappa shape index (κ1) is 21.2. The van der Waals surface area contributed by atoms with Crippen LogP contribution in [0.4, 0.5) is 0 Å². The van der Waals surface area contributed by atoms with Gasteiger partial charge in [0.1, 0.15) is 0 Å². The molecule has 1 aliphatic rings. The molecule has 0 bridgehead atoms. The Morgan fingerprint density at radius 2 is 2.14 bits per heavy atom. The molecule has 0 saturated carbocycles. The van der Waals surface area contributed by atoms with Gasteiger partial charge in [-0.2, -0.15) is 0 Å². The van der Waals surface area contributed by atoms with E-state index in [1.807, 2.05) is 4.90 Å². The Morgan fingerprint density at radius 1 is 1.24 bits per heavy atom. The number of likely N-dealkylation sites (tertiary alicyclic amines) is 1. The van der Waals surface area contributed by atoms with Crippen LogP contribution in [0, 0.1) is 6.92 Å². The third-order valence-electron chi connectivity index (χ3n) is 5.55. The van der Waals surface area contributed by atoms with Crippen molar-refractivity contribution in [3.05, 3.63) is 35.5 Å². The Labute approximate surface area is 174 Å². The number of benzene rings is 1. The molecule has 0 spiro atoms. The van der Waals surface area contributed by atoms with E-state index in [1.54, 1.807) is 0 Å². The highest BCUT2D eigenvalue weighted by atomic mass is 16.2. The second kappa shape index (κ2) is 10.9. The van der Waals surface area contributed by atoms with Crippen molar-refractivity contribution in [2.24, 2.45) is 4.99 Å². The molecule has 6 nitrogen and oxygen atoms in total. The minimum Gasteiger partial charge on any atom is -0.361 e. The van der Waals surface area contributed by atoms with Crippen molar-refractivity contribution in [1.29, 1.82) is 0 Å². The maximum atomic E-state index is 12.1. The van der Waals surface area contributed by atoms with Crippen LogP contribution >= 0.6 is 0 Å². The van der Waals surface area contributed by atoms with Crippen LogP contribution < -0.4 is 10.6 Å². The first-order valence-electron chi connectivity index (χ1n) is 11.0. The molecule has 1 aromatic heterocycles. The first-order valence-corrected chi connectivity index (χ1v) is 11.0. The van der Waals surface area contributed by atoms with Crippen LogP contribution in [0.1, 0.15) is 50.2 Å². The molecule has 0 aliphatic carbocycles. The van der Waals surface area contributed by atoms with Crippen molar-refractivity contribution >= 4 is 22.8 Å². The van der Waals surface area contributed by atoms with Gasteiger partial charge in [-0.25, -0.2) is 0 Å². The third kappa shape index (κ3) is 5.99. The second-order valence-electron chi connectivity index (χ2n) is 7.79. The van der Waals surface area contributed by atoms with Gasteiger partial charge in [0.05, 0.1) is 0 Å². The Bertz CT molecular complexity index is 826. The molecule has 0 unspecified atom stereocenters. The number of H-pyrrole nitrogens is 1. The van der Waals surface area contributed by atoms with Gasteiger partial charge in [0.15, 0.2) is 5.96 Å². The van der Waals surface area contributed by atoms with Gasteiger partial charge >= 0.3 is 0 Å². The number of hydrogen-bond acceptors (Lipinski definition) is 2. The molecule has 2 heterocycles. The molecule has 2 aromatic rings. The van der Waals surface area contributed by atoms with Gasteiger partial charge in [-0.1, -0.05) is 18.6 Å². The highest BCUT2D eigenvalue weighted by Crippen LogP contribution is 2.22. The summed E-state index contributed by atoms with van der Waals surface area (Å²) in [4.78, 5) is 22.2. The molecule has 29 heavy (non-hydrogen) atoms. The minimum absolute atomic E-state index is 0.311. The molecule has 0 atom stereocenters. The van der Waals surface area contributed by atoms with Crippen LogP contribution in [-0.2, 0) is 11.2 Å². The van der Waals surface area contributed by atoms with Gasteiger partial charge in [0.25, 0.3) is 0 Å². The number of aromatic amines is 1. The minimum atomic E-state index is 0.311. The molecule has 1 aromatic carbocycles. The van der Waals surface area contributed by atoms with Gasteiger partial charge in [0, 0.05) is 56.2 Å².